The van der Waals surface area contributed by atoms with Gasteiger partial charge in [-0.2, -0.15) is 0 Å². The average molecular weight is 487 g/mol. The van der Waals surface area contributed by atoms with Crippen LogP contribution >= 0.6 is 0 Å². The monoisotopic (exact) mass is 487 g/mol. The van der Waals surface area contributed by atoms with Crippen molar-refractivity contribution >= 4 is 29.5 Å². The molecule has 1 heterocycles. The molecule has 0 aliphatic rings. The molecule has 3 aromatic carbocycles. The Morgan fingerprint density at radius 3 is 2.03 bits per heavy atom. The molecule has 0 atom stereocenters. The highest BCUT2D eigenvalue weighted by Crippen LogP contribution is 2.39. The molecule has 1 amide bonds. The molecule has 36 heavy (non-hydrogen) atoms. The second-order valence-electron chi connectivity index (χ2n) is 7.53. The summed E-state index contributed by atoms with van der Waals surface area (Å²) in [5.74, 6) is -6.48. The van der Waals surface area contributed by atoms with Gasteiger partial charge in [0.15, 0.2) is 0 Å². The molecule has 0 fully saturated rings. The number of aromatic nitrogens is 2. The molecule has 180 valence electrons. The minimum Gasteiger partial charge on any atom is -0.507 e. The van der Waals surface area contributed by atoms with Crippen LogP contribution < -0.4 is 5.32 Å². The predicted octanol–water partition coefficient (Wildman–Crippen LogP) is 3.80. The van der Waals surface area contributed by atoms with Gasteiger partial charge in [0, 0.05) is 5.56 Å². The maximum atomic E-state index is 13.3. The topological polar surface area (TPSA) is 190 Å². The summed E-state index contributed by atoms with van der Waals surface area (Å²) < 4.78 is 0. The molecule has 0 aliphatic carbocycles. The van der Waals surface area contributed by atoms with Gasteiger partial charge in [-0.15, -0.1) is 0 Å². The van der Waals surface area contributed by atoms with E-state index in [0.29, 0.717) is 29.0 Å². The van der Waals surface area contributed by atoms with Crippen LogP contribution in [0, 0.1) is 0 Å². The molecular formula is C25H17N3O8. The van der Waals surface area contributed by atoms with E-state index < -0.39 is 46.3 Å². The average Bonchev–Trinajstić information content (AvgIpc) is 3.38. The summed E-state index contributed by atoms with van der Waals surface area (Å²) in [5.41, 5.74) is -0.535. The fourth-order valence-electron chi connectivity index (χ4n) is 3.75. The number of benzene rings is 3. The number of carbonyl (C=O) groups excluding carboxylic acids is 1. The van der Waals surface area contributed by atoms with E-state index in [1.54, 1.807) is 36.4 Å². The number of aromatic amines is 1. The van der Waals surface area contributed by atoms with Gasteiger partial charge < -0.3 is 30.7 Å². The van der Waals surface area contributed by atoms with Crippen LogP contribution in [0.15, 0.2) is 67.1 Å². The lowest BCUT2D eigenvalue weighted by molar-refractivity contribution is 0.0679. The lowest BCUT2D eigenvalue weighted by atomic mass is 9.93. The van der Waals surface area contributed by atoms with Crippen molar-refractivity contribution in [2.45, 2.75) is 0 Å². The zero-order valence-electron chi connectivity index (χ0n) is 18.2. The van der Waals surface area contributed by atoms with Gasteiger partial charge >= 0.3 is 17.9 Å². The number of hydrogen-bond acceptors (Lipinski definition) is 6. The van der Waals surface area contributed by atoms with Gasteiger partial charge in [0.05, 0.1) is 40.6 Å². The number of carboxylic acids is 3. The van der Waals surface area contributed by atoms with E-state index in [9.17, 15) is 39.6 Å². The van der Waals surface area contributed by atoms with Crippen LogP contribution in [0.1, 0.15) is 41.4 Å². The number of rotatable bonds is 7. The number of imidazole rings is 1. The number of anilines is 1. The largest absolute Gasteiger partial charge is 0.507 e. The van der Waals surface area contributed by atoms with Gasteiger partial charge in [0.1, 0.15) is 11.3 Å². The van der Waals surface area contributed by atoms with Crippen molar-refractivity contribution in [3.63, 3.8) is 0 Å². The van der Waals surface area contributed by atoms with Crippen molar-refractivity contribution in [3.05, 3.63) is 89.4 Å². The van der Waals surface area contributed by atoms with Gasteiger partial charge in [-0.1, -0.05) is 36.4 Å². The van der Waals surface area contributed by atoms with Crippen LogP contribution in [0.25, 0.3) is 22.4 Å². The summed E-state index contributed by atoms with van der Waals surface area (Å²) >= 11 is 0. The number of carbonyl (C=O) groups is 4. The predicted molar refractivity (Wildman–Crippen MR) is 126 cm³/mol. The van der Waals surface area contributed by atoms with Crippen molar-refractivity contribution in [1.82, 2.24) is 9.97 Å². The lowest BCUT2D eigenvalue weighted by Gasteiger charge is -2.18. The molecule has 0 bridgehead atoms. The van der Waals surface area contributed by atoms with Gasteiger partial charge in [0.25, 0.3) is 5.91 Å². The molecule has 11 nitrogen and oxygen atoms in total. The van der Waals surface area contributed by atoms with Gasteiger partial charge in [0.2, 0.25) is 0 Å². The van der Waals surface area contributed by atoms with Crippen molar-refractivity contribution in [2.75, 3.05) is 5.32 Å². The van der Waals surface area contributed by atoms with E-state index in [0.717, 1.165) is 0 Å². The van der Waals surface area contributed by atoms with Crippen molar-refractivity contribution in [3.8, 4) is 28.1 Å². The molecule has 0 radical (unpaired) electrons. The third kappa shape index (κ3) is 4.35. The van der Waals surface area contributed by atoms with Crippen molar-refractivity contribution in [2.24, 2.45) is 0 Å². The number of nitrogens with one attached hydrogen (secondary N) is 2. The van der Waals surface area contributed by atoms with Gasteiger partial charge in [-0.05, 0) is 29.3 Å². The first-order valence-corrected chi connectivity index (χ1v) is 10.3. The summed E-state index contributed by atoms with van der Waals surface area (Å²) in [4.78, 5) is 55.3. The molecule has 0 saturated carbocycles. The number of H-pyrrole nitrogens is 1. The number of amides is 1. The SMILES string of the molecule is O=C(O)c1cc(C(=O)O)c(C(=O)Nc2c(C(=O)O)ccc(-c3ccccc3)c2-c2cnc[nH]2)cc1O. The molecule has 4 aromatic rings. The molecule has 4 rings (SSSR count). The van der Waals surface area contributed by atoms with E-state index in [2.05, 4.69) is 15.3 Å². The summed E-state index contributed by atoms with van der Waals surface area (Å²) in [7, 11) is 0. The number of phenols is 1. The Morgan fingerprint density at radius 1 is 0.778 bits per heavy atom. The van der Waals surface area contributed by atoms with Crippen molar-refractivity contribution < 1.29 is 39.6 Å². The Morgan fingerprint density at radius 2 is 1.44 bits per heavy atom. The molecule has 0 aliphatic heterocycles. The standard InChI is InChI=1S/C25H17N3O8/c29-19-9-15(16(24(33)34)8-17(19)25(35)36)22(30)28-21-14(23(31)32)7-6-13(12-4-2-1-3-5-12)20(21)18-10-26-11-27-18/h1-11,29H,(H,26,27)(H,28,30)(H,31,32)(H,33,34)(H,35,36). The lowest BCUT2D eigenvalue weighted by Crippen LogP contribution is -2.20. The third-order valence-electron chi connectivity index (χ3n) is 5.37. The minimum absolute atomic E-state index is 0.156. The number of carboxylic acid groups (broad SMARTS) is 3. The molecular weight excluding hydrogens is 470 g/mol. The zero-order valence-corrected chi connectivity index (χ0v) is 18.2. The Hall–Kier alpha value is -5.45. The quantitative estimate of drug-likeness (QED) is 0.225. The van der Waals surface area contributed by atoms with Crippen LogP contribution in [0.5, 0.6) is 5.75 Å². The van der Waals surface area contributed by atoms with Crippen LogP contribution in [-0.2, 0) is 0 Å². The van der Waals surface area contributed by atoms with Crippen LogP contribution in [0.3, 0.4) is 0 Å². The Labute approximate surface area is 202 Å². The van der Waals surface area contributed by atoms with E-state index in [1.807, 2.05) is 0 Å². The fraction of sp³-hybridized carbons (Fsp3) is 0. The Balaban J connectivity index is 1.94. The number of aromatic carboxylic acids is 3. The molecule has 0 spiro atoms. The van der Waals surface area contributed by atoms with Gasteiger partial charge in [-0.3, -0.25) is 4.79 Å². The molecule has 11 heteroatoms. The summed E-state index contributed by atoms with van der Waals surface area (Å²) in [6.07, 6.45) is 2.80. The maximum Gasteiger partial charge on any atom is 0.339 e. The molecule has 0 saturated heterocycles. The van der Waals surface area contributed by atoms with Crippen LogP contribution in [0.2, 0.25) is 0 Å². The maximum absolute atomic E-state index is 13.3. The molecule has 0 unspecified atom stereocenters. The van der Waals surface area contributed by atoms with E-state index in [-0.39, 0.29) is 16.8 Å². The second kappa shape index (κ2) is 9.43. The van der Waals surface area contributed by atoms with Crippen molar-refractivity contribution in [1.29, 1.82) is 0 Å². The highest BCUT2D eigenvalue weighted by atomic mass is 16.4. The molecule has 1 aromatic heterocycles. The number of hydrogen-bond donors (Lipinski definition) is 6. The highest BCUT2D eigenvalue weighted by molar-refractivity contribution is 6.16. The van der Waals surface area contributed by atoms with E-state index >= 15 is 0 Å². The number of aromatic hydroxyl groups is 1. The summed E-state index contributed by atoms with van der Waals surface area (Å²) in [6, 6.07) is 13.2. The first kappa shape index (κ1) is 23.7. The normalized spacial score (nSPS) is 10.6. The zero-order chi connectivity index (χ0) is 26.0. The van der Waals surface area contributed by atoms with Crippen LogP contribution in [0.4, 0.5) is 5.69 Å². The minimum atomic E-state index is -1.62. The van der Waals surface area contributed by atoms with Crippen LogP contribution in [-0.4, -0.2) is 54.2 Å². The summed E-state index contributed by atoms with van der Waals surface area (Å²) in [6.45, 7) is 0. The van der Waals surface area contributed by atoms with Gasteiger partial charge in [-0.25, -0.2) is 19.4 Å². The Bertz CT molecular complexity index is 1510. The smallest absolute Gasteiger partial charge is 0.339 e. The fourth-order valence-corrected chi connectivity index (χ4v) is 3.75. The van der Waals surface area contributed by atoms with E-state index in [4.69, 9.17) is 0 Å². The third-order valence-corrected chi connectivity index (χ3v) is 5.37. The number of nitrogens with zero attached hydrogens (tertiary/aromatic N) is 1. The molecule has 6 N–H and O–H groups in total. The Kier molecular flexibility index (Phi) is 6.21. The second-order valence-corrected chi connectivity index (χ2v) is 7.53. The highest BCUT2D eigenvalue weighted by Gasteiger charge is 2.26. The first-order chi connectivity index (χ1) is 17.2. The summed E-state index contributed by atoms with van der Waals surface area (Å²) in [5, 5.41) is 41.1. The first-order valence-electron chi connectivity index (χ1n) is 10.3. The van der Waals surface area contributed by atoms with E-state index in [1.165, 1.54) is 18.6 Å².